The molecule has 3 unspecified atom stereocenters. The van der Waals surface area contributed by atoms with E-state index < -0.39 is 12.1 Å². The topological polar surface area (TPSA) is 93.6 Å². The third-order valence-electron chi connectivity index (χ3n) is 8.86. The van der Waals surface area contributed by atoms with E-state index in [1.54, 1.807) is 60.7 Å². The van der Waals surface area contributed by atoms with Crippen LogP contribution in [0.3, 0.4) is 0 Å². The number of esters is 1. The molecule has 1 saturated heterocycles. The number of carbonyl (C=O) groups excluding carboxylic acids is 4. The minimum atomic E-state index is -0.952. The number of ether oxygens (including phenoxy) is 1. The van der Waals surface area contributed by atoms with Crippen molar-refractivity contribution in [2.24, 2.45) is 11.8 Å². The predicted octanol–water partition coefficient (Wildman–Crippen LogP) is 8.51. The molecule has 0 spiro atoms. The van der Waals surface area contributed by atoms with Gasteiger partial charge in [0, 0.05) is 21.0 Å². The van der Waals surface area contributed by atoms with Crippen LogP contribution in [0.2, 0.25) is 5.02 Å². The molecule has 3 atom stereocenters. The lowest BCUT2D eigenvalue weighted by Gasteiger charge is -2.19. The zero-order valence-corrected chi connectivity index (χ0v) is 27.4. The minimum absolute atomic E-state index is 0.131. The third-order valence-corrected chi connectivity index (χ3v) is 10.2. The van der Waals surface area contributed by atoms with E-state index in [1.165, 1.54) is 4.90 Å². The number of fused-ring (bicyclic) bond motifs is 2. The molecule has 3 aromatic carbocycles. The van der Waals surface area contributed by atoms with Gasteiger partial charge >= 0.3 is 5.97 Å². The van der Waals surface area contributed by atoms with E-state index in [0.717, 1.165) is 25.7 Å². The number of imide groups is 1. The largest absolute Gasteiger partial charge is 0.450 e. The Bertz CT molecular complexity index is 1800. The maximum absolute atomic E-state index is 13.9. The molecule has 2 amide bonds. The van der Waals surface area contributed by atoms with Crippen LogP contribution in [0, 0.1) is 18.8 Å². The highest BCUT2D eigenvalue weighted by Crippen LogP contribution is 2.41. The van der Waals surface area contributed by atoms with Gasteiger partial charge in [-0.05, 0) is 71.9 Å². The van der Waals surface area contributed by atoms with Crippen LogP contribution in [0.15, 0.2) is 71.2 Å². The van der Waals surface area contributed by atoms with E-state index in [1.807, 2.05) is 19.9 Å². The average Bonchev–Trinajstić information content (AvgIpc) is 3.32. The number of aromatic nitrogens is 1. The van der Waals surface area contributed by atoms with Crippen molar-refractivity contribution in [2.45, 2.75) is 58.5 Å². The SMILES string of the molecule is CCCC(OC(=O)c1cc(-c2ccc(N3C(=O)C4CCCCC4C3=O)cc2)nc2c(C)c(Cl)c(Br)cc12)C(=O)c1ccccc1. The molecule has 4 aromatic rings. The molecule has 6 rings (SSSR count). The fourth-order valence-corrected chi connectivity index (χ4v) is 7.13. The third kappa shape index (κ3) is 5.82. The van der Waals surface area contributed by atoms with Crippen molar-refractivity contribution in [3.05, 3.63) is 92.9 Å². The van der Waals surface area contributed by atoms with E-state index in [9.17, 15) is 19.2 Å². The van der Waals surface area contributed by atoms with Crippen molar-refractivity contribution < 1.29 is 23.9 Å². The molecule has 0 N–H and O–H groups in total. The number of pyridine rings is 1. The Morgan fingerprint density at radius 2 is 1.64 bits per heavy atom. The van der Waals surface area contributed by atoms with Gasteiger partial charge in [-0.3, -0.25) is 19.3 Å². The zero-order chi connectivity index (χ0) is 31.8. The molecular weight excluding hydrogens is 656 g/mol. The van der Waals surface area contributed by atoms with Gasteiger partial charge < -0.3 is 4.74 Å². The normalized spacial score (nSPS) is 18.6. The smallest absolute Gasteiger partial charge is 0.339 e. The number of amides is 2. The summed E-state index contributed by atoms with van der Waals surface area (Å²) in [6.07, 6.45) is 3.49. The quantitative estimate of drug-likeness (QED) is 0.105. The van der Waals surface area contributed by atoms with E-state index in [4.69, 9.17) is 21.3 Å². The number of hydrogen-bond acceptors (Lipinski definition) is 6. The highest BCUT2D eigenvalue weighted by atomic mass is 79.9. The summed E-state index contributed by atoms with van der Waals surface area (Å²) < 4.78 is 6.52. The Morgan fingerprint density at radius 1 is 1.00 bits per heavy atom. The maximum atomic E-state index is 13.9. The fourth-order valence-electron chi connectivity index (χ4n) is 6.46. The summed E-state index contributed by atoms with van der Waals surface area (Å²) in [7, 11) is 0. The van der Waals surface area contributed by atoms with Crippen molar-refractivity contribution >= 4 is 67.7 Å². The highest BCUT2D eigenvalue weighted by molar-refractivity contribution is 9.10. The van der Waals surface area contributed by atoms with Gasteiger partial charge in [0.15, 0.2) is 6.10 Å². The monoisotopic (exact) mass is 686 g/mol. The zero-order valence-electron chi connectivity index (χ0n) is 25.0. The van der Waals surface area contributed by atoms with Crippen molar-refractivity contribution in [3.63, 3.8) is 0 Å². The van der Waals surface area contributed by atoms with E-state index >= 15 is 0 Å². The lowest BCUT2D eigenvalue weighted by Crippen LogP contribution is -2.30. The molecule has 45 heavy (non-hydrogen) atoms. The van der Waals surface area contributed by atoms with Crippen molar-refractivity contribution in [1.29, 1.82) is 0 Å². The van der Waals surface area contributed by atoms with Gasteiger partial charge in [0.1, 0.15) is 0 Å². The number of nitrogens with zero attached hydrogens (tertiary/aromatic N) is 2. The number of hydrogen-bond donors (Lipinski definition) is 0. The van der Waals surface area contributed by atoms with Gasteiger partial charge in [-0.2, -0.15) is 0 Å². The second-order valence-corrected chi connectivity index (χ2v) is 13.0. The molecule has 2 aliphatic rings. The van der Waals surface area contributed by atoms with Gasteiger partial charge in [-0.15, -0.1) is 0 Å². The molecule has 1 saturated carbocycles. The van der Waals surface area contributed by atoms with Gasteiger partial charge in [0.2, 0.25) is 17.6 Å². The van der Waals surface area contributed by atoms with Crippen LogP contribution < -0.4 is 4.90 Å². The van der Waals surface area contributed by atoms with Crippen LogP contribution in [0.25, 0.3) is 22.2 Å². The molecule has 1 aliphatic heterocycles. The molecule has 0 bridgehead atoms. The summed E-state index contributed by atoms with van der Waals surface area (Å²) in [6, 6.07) is 19.2. The van der Waals surface area contributed by atoms with Gasteiger partial charge in [-0.25, -0.2) is 9.78 Å². The van der Waals surface area contributed by atoms with Crippen LogP contribution in [0.5, 0.6) is 0 Å². The number of carbonyl (C=O) groups is 4. The summed E-state index contributed by atoms with van der Waals surface area (Å²) in [4.78, 5) is 59.7. The summed E-state index contributed by atoms with van der Waals surface area (Å²) >= 11 is 10.1. The first-order valence-corrected chi connectivity index (χ1v) is 16.4. The van der Waals surface area contributed by atoms with Gasteiger partial charge in [0.05, 0.1) is 39.3 Å². The standard InChI is InChI=1S/C36H32BrClN2O5/c1-3-9-30(33(41)22-10-5-4-6-11-22)45-36(44)27-19-29(39-32-20(2)31(38)28(37)18-26(27)32)21-14-16-23(17-15-21)40-34(42)24-12-7-8-13-25(24)35(40)43/h4-6,10-11,14-19,24-25,30H,3,7-9,12-13H2,1-2H3. The van der Waals surface area contributed by atoms with Crippen LogP contribution in [-0.2, 0) is 14.3 Å². The average molecular weight is 688 g/mol. The lowest BCUT2D eigenvalue weighted by molar-refractivity contribution is -0.122. The summed E-state index contributed by atoms with van der Waals surface area (Å²) in [5.41, 5.74) is 3.60. The number of Topliss-reactive ketones (excluding diaryl/α,β-unsaturated/α-hetero) is 1. The summed E-state index contributed by atoms with van der Waals surface area (Å²) in [6.45, 7) is 3.76. The number of rotatable bonds is 8. The molecule has 1 aliphatic carbocycles. The van der Waals surface area contributed by atoms with Crippen LogP contribution in [0.4, 0.5) is 5.69 Å². The second kappa shape index (κ2) is 12.9. The Morgan fingerprint density at radius 3 is 2.27 bits per heavy atom. The fraction of sp³-hybridized carbons (Fsp3) is 0.306. The van der Waals surface area contributed by atoms with Crippen LogP contribution in [-0.4, -0.2) is 34.7 Å². The Hall–Kier alpha value is -3.88. The van der Waals surface area contributed by atoms with E-state index in [2.05, 4.69) is 15.9 Å². The van der Waals surface area contributed by atoms with Crippen molar-refractivity contribution in [1.82, 2.24) is 4.98 Å². The predicted molar refractivity (Wildman–Crippen MR) is 177 cm³/mol. The van der Waals surface area contributed by atoms with E-state index in [0.29, 0.717) is 61.3 Å². The van der Waals surface area contributed by atoms with Gasteiger partial charge in [0.25, 0.3) is 0 Å². The first-order chi connectivity index (χ1) is 21.7. The number of aryl methyl sites for hydroxylation is 1. The molecular formula is C36H32BrClN2O5. The van der Waals surface area contributed by atoms with Gasteiger partial charge in [-0.1, -0.05) is 80.3 Å². The van der Waals surface area contributed by atoms with Crippen molar-refractivity contribution in [2.75, 3.05) is 4.90 Å². The number of benzene rings is 3. The Balaban J connectivity index is 1.37. The second-order valence-electron chi connectivity index (χ2n) is 11.7. The maximum Gasteiger partial charge on any atom is 0.339 e. The molecule has 9 heteroatoms. The van der Waals surface area contributed by atoms with Crippen LogP contribution >= 0.6 is 27.5 Å². The minimum Gasteiger partial charge on any atom is -0.450 e. The lowest BCUT2D eigenvalue weighted by atomic mass is 9.81. The molecule has 1 aromatic heterocycles. The number of halogens is 2. The number of anilines is 1. The molecule has 2 heterocycles. The Kier molecular flexibility index (Phi) is 8.89. The molecule has 0 radical (unpaired) electrons. The molecule has 230 valence electrons. The molecule has 2 fully saturated rings. The Labute approximate surface area is 275 Å². The first-order valence-electron chi connectivity index (χ1n) is 15.3. The summed E-state index contributed by atoms with van der Waals surface area (Å²) in [5, 5.41) is 1.00. The highest BCUT2D eigenvalue weighted by Gasteiger charge is 2.48. The number of ketones is 1. The van der Waals surface area contributed by atoms with Crippen LogP contribution in [0.1, 0.15) is 71.7 Å². The first kappa shape index (κ1) is 31.1. The van der Waals surface area contributed by atoms with Crippen molar-refractivity contribution in [3.8, 4) is 11.3 Å². The van der Waals surface area contributed by atoms with E-state index in [-0.39, 0.29) is 35.0 Å². The summed E-state index contributed by atoms with van der Waals surface area (Å²) in [5.74, 6) is -1.64. The molecule has 7 nitrogen and oxygen atoms in total.